The molecule has 5 N–H and O–H groups in total. The van der Waals surface area contributed by atoms with E-state index in [2.05, 4.69) is 10.9 Å². The summed E-state index contributed by atoms with van der Waals surface area (Å²) in [7, 11) is 0. The Hall–Kier alpha value is -2.73. The summed E-state index contributed by atoms with van der Waals surface area (Å²) < 4.78 is 0. The average Bonchev–Trinajstić information content (AvgIpc) is 2.48. The number of benzene rings is 2. The maximum atomic E-state index is 11.7. The second kappa shape index (κ2) is 5.94. The first-order valence-corrected chi connectivity index (χ1v) is 5.90. The summed E-state index contributed by atoms with van der Waals surface area (Å²) in [5.74, 6) is -1.72. The van der Waals surface area contributed by atoms with Gasteiger partial charge in [-0.2, -0.15) is 0 Å². The normalized spacial score (nSPS) is 10.2. The smallest absolute Gasteiger partial charge is 0.265 e. The Kier molecular flexibility index (Phi) is 4.07. The lowest BCUT2D eigenvalue weighted by molar-refractivity contribution is 0.0932. The number of aromatic hydroxyl groups is 3. The largest absolute Gasteiger partial charge is 0.504 e. The first-order valence-electron chi connectivity index (χ1n) is 5.90. The lowest BCUT2D eigenvalue weighted by atomic mass is 10.1. The highest BCUT2D eigenvalue weighted by Gasteiger charge is 2.11. The van der Waals surface area contributed by atoms with Crippen molar-refractivity contribution in [3.05, 3.63) is 53.6 Å². The zero-order valence-electron chi connectivity index (χ0n) is 10.5. The fraction of sp³-hybridized carbons (Fsp3) is 0.0714. The van der Waals surface area contributed by atoms with Gasteiger partial charge in [-0.25, -0.2) is 5.43 Å². The molecule has 0 atom stereocenters. The van der Waals surface area contributed by atoms with Gasteiger partial charge in [-0.15, -0.1) is 0 Å². The Labute approximate surface area is 115 Å². The van der Waals surface area contributed by atoms with Gasteiger partial charge in [0.2, 0.25) is 5.75 Å². The molecule has 0 aromatic heterocycles. The molecular weight excluding hydrogens is 260 g/mol. The first-order chi connectivity index (χ1) is 9.59. The van der Waals surface area contributed by atoms with Gasteiger partial charge in [0.1, 0.15) is 0 Å². The first kappa shape index (κ1) is 13.7. The third-order valence-electron chi connectivity index (χ3n) is 2.73. The van der Waals surface area contributed by atoms with Crippen LogP contribution < -0.4 is 10.9 Å². The van der Waals surface area contributed by atoms with Crippen molar-refractivity contribution in [2.75, 3.05) is 0 Å². The third-order valence-corrected chi connectivity index (χ3v) is 2.73. The zero-order chi connectivity index (χ0) is 14.5. The van der Waals surface area contributed by atoms with E-state index in [1.165, 1.54) is 12.1 Å². The van der Waals surface area contributed by atoms with E-state index < -0.39 is 17.2 Å². The van der Waals surface area contributed by atoms with Crippen LogP contribution in [-0.4, -0.2) is 21.2 Å². The van der Waals surface area contributed by atoms with Crippen LogP contribution in [-0.2, 0) is 6.54 Å². The van der Waals surface area contributed by atoms with Crippen LogP contribution in [0.3, 0.4) is 0 Å². The average molecular weight is 274 g/mol. The summed E-state index contributed by atoms with van der Waals surface area (Å²) in [6.07, 6.45) is 0. The maximum absolute atomic E-state index is 11.7. The Morgan fingerprint density at radius 2 is 1.65 bits per heavy atom. The van der Waals surface area contributed by atoms with Gasteiger partial charge in [-0.1, -0.05) is 24.3 Å². The number of hydrazine groups is 1. The van der Waals surface area contributed by atoms with Crippen LogP contribution in [0.2, 0.25) is 0 Å². The van der Waals surface area contributed by atoms with Crippen LogP contribution in [0.15, 0.2) is 42.5 Å². The molecule has 0 fully saturated rings. The van der Waals surface area contributed by atoms with Crippen LogP contribution in [0, 0.1) is 0 Å². The number of phenols is 3. The number of carbonyl (C=O) groups excluding carboxylic acids is 1. The van der Waals surface area contributed by atoms with Gasteiger partial charge in [-0.3, -0.25) is 10.2 Å². The predicted molar refractivity (Wildman–Crippen MR) is 72.2 cm³/mol. The van der Waals surface area contributed by atoms with Crippen molar-refractivity contribution in [1.29, 1.82) is 0 Å². The Morgan fingerprint density at radius 3 is 2.35 bits per heavy atom. The molecule has 2 rings (SSSR count). The highest BCUT2D eigenvalue weighted by atomic mass is 16.3. The van der Waals surface area contributed by atoms with E-state index in [0.717, 1.165) is 0 Å². The third kappa shape index (κ3) is 2.99. The minimum Gasteiger partial charge on any atom is -0.504 e. The molecule has 0 spiro atoms. The molecule has 0 aliphatic heterocycles. The highest BCUT2D eigenvalue weighted by molar-refractivity contribution is 5.93. The Bertz CT molecular complexity index is 614. The predicted octanol–water partition coefficient (Wildman–Crippen LogP) is 1.24. The zero-order valence-corrected chi connectivity index (χ0v) is 10.5. The number of hydrogen-bond donors (Lipinski definition) is 5. The molecule has 0 saturated heterocycles. The highest BCUT2D eigenvalue weighted by Crippen LogP contribution is 2.36. The van der Waals surface area contributed by atoms with E-state index in [1.807, 2.05) is 6.07 Å². The molecule has 0 aliphatic rings. The van der Waals surface area contributed by atoms with Gasteiger partial charge in [0.15, 0.2) is 11.5 Å². The summed E-state index contributed by atoms with van der Waals surface area (Å²) in [4.78, 5) is 11.7. The molecule has 20 heavy (non-hydrogen) atoms. The molecule has 0 unspecified atom stereocenters. The summed E-state index contributed by atoms with van der Waals surface area (Å²) in [5, 5.41) is 28.1. The number of rotatable bonds is 4. The van der Waals surface area contributed by atoms with Crippen LogP contribution in [0.1, 0.15) is 15.9 Å². The van der Waals surface area contributed by atoms with Gasteiger partial charge >= 0.3 is 0 Å². The molecule has 2 aromatic rings. The van der Waals surface area contributed by atoms with E-state index in [-0.39, 0.29) is 12.5 Å². The molecule has 1 amide bonds. The fourth-order valence-electron chi connectivity index (χ4n) is 1.63. The number of phenolic OH excluding ortho intramolecular Hbond substituents is 3. The number of amides is 1. The van der Waals surface area contributed by atoms with Crippen molar-refractivity contribution in [2.45, 2.75) is 6.54 Å². The second-order valence-electron chi connectivity index (χ2n) is 4.11. The number of nitrogens with one attached hydrogen (secondary N) is 2. The van der Waals surface area contributed by atoms with Crippen molar-refractivity contribution in [3.63, 3.8) is 0 Å². The summed E-state index contributed by atoms with van der Waals surface area (Å²) >= 11 is 0. The molecule has 0 bridgehead atoms. The lowest BCUT2D eigenvalue weighted by Crippen LogP contribution is -2.36. The van der Waals surface area contributed by atoms with Crippen molar-refractivity contribution in [3.8, 4) is 17.2 Å². The van der Waals surface area contributed by atoms with Crippen LogP contribution >= 0.6 is 0 Å². The minimum absolute atomic E-state index is 0.0955. The molecule has 6 heteroatoms. The monoisotopic (exact) mass is 274 g/mol. The van der Waals surface area contributed by atoms with Crippen LogP contribution in [0.5, 0.6) is 17.2 Å². The second-order valence-corrected chi connectivity index (χ2v) is 4.11. The van der Waals surface area contributed by atoms with E-state index in [1.54, 1.807) is 24.3 Å². The standard InChI is InChI=1S/C14H14N2O4/c17-11-7-6-10(12(18)13(11)19)8-15-16-14(20)9-4-2-1-3-5-9/h1-7,15,17-19H,8H2,(H,16,20). The van der Waals surface area contributed by atoms with E-state index >= 15 is 0 Å². The van der Waals surface area contributed by atoms with Gasteiger partial charge in [0.25, 0.3) is 5.91 Å². The van der Waals surface area contributed by atoms with E-state index in [9.17, 15) is 20.1 Å². The van der Waals surface area contributed by atoms with Crippen molar-refractivity contribution < 1.29 is 20.1 Å². The number of hydrogen-bond acceptors (Lipinski definition) is 5. The molecule has 0 heterocycles. The quantitative estimate of drug-likeness (QED) is 0.426. The molecule has 0 saturated carbocycles. The molecular formula is C14H14N2O4. The molecule has 0 aliphatic carbocycles. The van der Waals surface area contributed by atoms with Gasteiger partial charge < -0.3 is 15.3 Å². The van der Waals surface area contributed by atoms with Crippen LogP contribution in [0.25, 0.3) is 0 Å². The fourth-order valence-corrected chi connectivity index (χ4v) is 1.63. The molecule has 6 nitrogen and oxygen atoms in total. The molecule has 2 aromatic carbocycles. The van der Waals surface area contributed by atoms with Gasteiger partial charge in [0, 0.05) is 17.7 Å². The SMILES string of the molecule is O=C(NNCc1ccc(O)c(O)c1O)c1ccccc1. The van der Waals surface area contributed by atoms with Gasteiger partial charge in [-0.05, 0) is 18.2 Å². The van der Waals surface area contributed by atoms with Gasteiger partial charge in [0.05, 0.1) is 0 Å². The van der Waals surface area contributed by atoms with E-state index in [0.29, 0.717) is 11.1 Å². The summed E-state index contributed by atoms with van der Waals surface area (Å²) in [6, 6.07) is 11.3. The topological polar surface area (TPSA) is 102 Å². The van der Waals surface area contributed by atoms with Crippen molar-refractivity contribution >= 4 is 5.91 Å². The maximum Gasteiger partial charge on any atom is 0.265 e. The summed E-state index contributed by atoms with van der Waals surface area (Å²) in [5.41, 5.74) is 5.94. The van der Waals surface area contributed by atoms with E-state index in [4.69, 9.17) is 0 Å². The molecule has 104 valence electrons. The Morgan fingerprint density at radius 1 is 0.950 bits per heavy atom. The van der Waals surface area contributed by atoms with Crippen molar-refractivity contribution in [2.24, 2.45) is 0 Å². The van der Waals surface area contributed by atoms with Crippen LogP contribution in [0.4, 0.5) is 0 Å². The minimum atomic E-state index is -0.585. The van der Waals surface area contributed by atoms with Crippen molar-refractivity contribution in [1.82, 2.24) is 10.9 Å². The summed E-state index contributed by atoms with van der Waals surface area (Å²) in [6.45, 7) is 0.0955. The number of carbonyl (C=O) groups is 1. The molecule has 0 radical (unpaired) electrons. The lowest BCUT2D eigenvalue weighted by Gasteiger charge is -2.10. The Balaban J connectivity index is 1.94.